The zero-order chi connectivity index (χ0) is 14.5. The largest absolute Gasteiger partial charge is 0.198 e. The molecule has 0 aliphatic heterocycles. The highest BCUT2D eigenvalue weighted by molar-refractivity contribution is 5.84. The third-order valence-corrected chi connectivity index (χ3v) is 4.58. The van der Waals surface area contributed by atoms with Crippen LogP contribution in [0.15, 0.2) is 48.5 Å². The first kappa shape index (κ1) is 13.9. The molecule has 106 valence electrons. The summed E-state index contributed by atoms with van der Waals surface area (Å²) in [5.74, 6) is 0.622. The maximum absolute atomic E-state index is 9.43. The Morgan fingerprint density at radius 3 is 2.52 bits per heavy atom. The van der Waals surface area contributed by atoms with E-state index in [0.717, 1.165) is 0 Å². The van der Waals surface area contributed by atoms with Crippen molar-refractivity contribution in [1.82, 2.24) is 0 Å². The van der Waals surface area contributed by atoms with Crippen molar-refractivity contribution in [2.75, 3.05) is 0 Å². The standard InChI is InChI=1S/C20H21N/c21-15-20(17-6-2-1-3-7-17)13-11-16-10-12-18-8-4-5-9-19(18)14-16/h4-5,8-14,17,20H,1-3,6-7H2/b13-11+/t20-/m0/s1. The van der Waals surface area contributed by atoms with Crippen molar-refractivity contribution in [3.63, 3.8) is 0 Å². The van der Waals surface area contributed by atoms with Crippen LogP contribution in [0.4, 0.5) is 0 Å². The zero-order valence-corrected chi connectivity index (χ0v) is 12.3. The molecule has 0 bridgehead atoms. The first-order valence-corrected chi connectivity index (χ1v) is 7.93. The predicted molar refractivity (Wildman–Crippen MR) is 88.7 cm³/mol. The average Bonchev–Trinajstić information content (AvgIpc) is 2.56. The summed E-state index contributed by atoms with van der Waals surface area (Å²) in [6.45, 7) is 0. The highest BCUT2D eigenvalue weighted by atomic mass is 14.3. The molecule has 1 fully saturated rings. The molecule has 1 aliphatic rings. The van der Waals surface area contributed by atoms with Crippen LogP contribution in [0.2, 0.25) is 0 Å². The number of fused-ring (bicyclic) bond motifs is 1. The molecule has 0 unspecified atom stereocenters. The number of rotatable bonds is 3. The lowest BCUT2D eigenvalue weighted by Gasteiger charge is -2.23. The third-order valence-electron chi connectivity index (χ3n) is 4.58. The minimum Gasteiger partial charge on any atom is -0.198 e. The molecule has 0 N–H and O–H groups in total. The van der Waals surface area contributed by atoms with Gasteiger partial charge in [-0.15, -0.1) is 0 Å². The summed E-state index contributed by atoms with van der Waals surface area (Å²) in [6.07, 6.45) is 10.6. The molecule has 0 radical (unpaired) electrons. The summed E-state index contributed by atoms with van der Waals surface area (Å²) in [7, 11) is 0. The van der Waals surface area contributed by atoms with Gasteiger partial charge in [0.1, 0.15) is 0 Å². The van der Waals surface area contributed by atoms with Gasteiger partial charge in [0.15, 0.2) is 0 Å². The molecule has 0 heterocycles. The van der Waals surface area contributed by atoms with Crippen LogP contribution < -0.4 is 0 Å². The molecule has 3 rings (SSSR count). The highest BCUT2D eigenvalue weighted by Crippen LogP contribution is 2.31. The van der Waals surface area contributed by atoms with Gasteiger partial charge in [-0.05, 0) is 41.2 Å². The molecular formula is C20H21N. The number of nitrogens with zero attached hydrogens (tertiary/aromatic N) is 1. The average molecular weight is 275 g/mol. The maximum atomic E-state index is 9.43. The van der Waals surface area contributed by atoms with E-state index in [1.807, 2.05) is 0 Å². The first-order chi connectivity index (χ1) is 10.4. The SMILES string of the molecule is N#C[C@H](/C=C/c1ccc2ccccc2c1)C1CCCCC1. The van der Waals surface area contributed by atoms with E-state index in [4.69, 9.17) is 0 Å². The summed E-state index contributed by atoms with van der Waals surface area (Å²) in [5.41, 5.74) is 1.18. The van der Waals surface area contributed by atoms with E-state index in [1.165, 1.54) is 48.4 Å². The van der Waals surface area contributed by atoms with Crippen molar-refractivity contribution in [1.29, 1.82) is 5.26 Å². The number of benzene rings is 2. The second-order valence-electron chi connectivity index (χ2n) is 6.02. The van der Waals surface area contributed by atoms with Gasteiger partial charge in [0, 0.05) is 0 Å². The second-order valence-corrected chi connectivity index (χ2v) is 6.02. The van der Waals surface area contributed by atoms with E-state index < -0.39 is 0 Å². The van der Waals surface area contributed by atoms with Crippen LogP contribution in [-0.4, -0.2) is 0 Å². The van der Waals surface area contributed by atoms with E-state index in [-0.39, 0.29) is 5.92 Å². The Kier molecular flexibility index (Phi) is 4.36. The Labute approximate surface area is 126 Å². The summed E-state index contributed by atoms with van der Waals surface area (Å²) < 4.78 is 0. The van der Waals surface area contributed by atoms with Crippen molar-refractivity contribution >= 4 is 16.8 Å². The monoisotopic (exact) mass is 275 g/mol. The van der Waals surface area contributed by atoms with Gasteiger partial charge in [-0.1, -0.05) is 67.8 Å². The molecule has 1 atom stereocenters. The minimum atomic E-state index is 0.0665. The fourth-order valence-corrected chi connectivity index (χ4v) is 3.33. The Morgan fingerprint density at radius 1 is 1.00 bits per heavy atom. The first-order valence-electron chi connectivity index (χ1n) is 7.93. The number of allylic oxidation sites excluding steroid dienone is 1. The van der Waals surface area contributed by atoms with E-state index in [9.17, 15) is 5.26 Å². The smallest absolute Gasteiger partial charge is 0.0700 e. The molecule has 2 aromatic carbocycles. The van der Waals surface area contributed by atoms with Gasteiger partial charge in [0.25, 0.3) is 0 Å². The van der Waals surface area contributed by atoms with Gasteiger partial charge >= 0.3 is 0 Å². The van der Waals surface area contributed by atoms with Gasteiger partial charge in [-0.2, -0.15) is 5.26 Å². The molecule has 21 heavy (non-hydrogen) atoms. The van der Waals surface area contributed by atoms with Crippen molar-refractivity contribution in [2.45, 2.75) is 32.1 Å². The Hall–Kier alpha value is -2.07. The summed E-state index contributed by atoms with van der Waals surface area (Å²) in [4.78, 5) is 0. The zero-order valence-electron chi connectivity index (χ0n) is 12.3. The molecule has 0 amide bonds. The van der Waals surface area contributed by atoms with Gasteiger partial charge in [-0.25, -0.2) is 0 Å². The van der Waals surface area contributed by atoms with Crippen LogP contribution in [0.1, 0.15) is 37.7 Å². The van der Waals surface area contributed by atoms with Gasteiger partial charge in [-0.3, -0.25) is 0 Å². The van der Waals surface area contributed by atoms with E-state index >= 15 is 0 Å². The van der Waals surface area contributed by atoms with Crippen LogP contribution >= 0.6 is 0 Å². The van der Waals surface area contributed by atoms with Crippen molar-refractivity contribution in [3.8, 4) is 6.07 Å². The summed E-state index contributed by atoms with van der Waals surface area (Å²) in [6, 6.07) is 17.4. The highest BCUT2D eigenvalue weighted by Gasteiger charge is 2.21. The molecule has 1 nitrogen and oxygen atoms in total. The van der Waals surface area contributed by atoms with Crippen molar-refractivity contribution in [2.24, 2.45) is 11.8 Å². The van der Waals surface area contributed by atoms with Gasteiger partial charge < -0.3 is 0 Å². The molecule has 2 aromatic rings. The number of hydrogen-bond donors (Lipinski definition) is 0. The van der Waals surface area contributed by atoms with Crippen molar-refractivity contribution in [3.05, 3.63) is 54.1 Å². The van der Waals surface area contributed by atoms with Crippen LogP contribution in [0.25, 0.3) is 16.8 Å². The lowest BCUT2D eigenvalue weighted by Crippen LogP contribution is -2.14. The number of nitriles is 1. The molecular weight excluding hydrogens is 254 g/mol. The quantitative estimate of drug-likeness (QED) is 0.718. The number of hydrogen-bond acceptors (Lipinski definition) is 1. The molecule has 0 saturated heterocycles. The van der Waals surface area contributed by atoms with Crippen LogP contribution in [0.3, 0.4) is 0 Å². The lowest BCUT2D eigenvalue weighted by atomic mass is 9.80. The van der Waals surface area contributed by atoms with Gasteiger partial charge in [0.05, 0.1) is 12.0 Å². The Bertz CT molecular complexity index is 672. The maximum Gasteiger partial charge on any atom is 0.0700 e. The molecule has 1 aliphatic carbocycles. The van der Waals surface area contributed by atoms with E-state index in [2.05, 4.69) is 60.7 Å². The Balaban J connectivity index is 1.77. The van der Waals surface area contributed by atoms with Crippen molar-refractivity contribution < 1.29 is 0 Å². The molecule has 1 heteroatoms. The minimum absolute atomic E-state index is 0.0665. The summed E-state index contributed by atoms with van der Waals surface area (Å²) in [5, 5.41) is 11.9. The summed E-state index contributed by atoms with van der Waals surface area (Å²) >= 11 is 0. The molecule has 1 saturated carbocycles. The lowest BCUT2D eigenvalue weighted by molar-refractivity contribution is 0.323. The Morgan fingerprint density at radius 2 is 1.76 bits per heavy atom. The fourth-order valence-electron chi connectivity index (χ4n) is 3.33. The molecule has 0 aromatic heterocycles. The van der Waals surface area contributed by atoms with Crippen LogP contribution in [-0.2, 0) is 0 Å². The second kappa shape index (κ2) is 6.59. The van der Waals surface area contributed by atoms with E-state index in [0.29, 0.717) is 5.92 Å². The van der Waals surface area contributed by atoms with Gasteiger partial charge in [0.2, 0.25) is 0 Å². The topological polar surface area (TPSA) is 23.8 Å². The predicted octanol–water partition coefficient (Wildman–Crippen LogP) is 5.57. The van der Waals surface area contributed by atoms with Crippen LogP contribution in [0, 0.1) is 23.2 Å². The van der Waals surface area contributed by atoms with Crippen LogP contribution in [0.5, 0.6) is 0 Å². The van der Waals surface area contributed by atoms with E-state index in [1.54, 1.807) is 0 Å². The third kappa shape index (κ3) is 3.34. The molecule has 0 spiro atoms. The fraction of sp³-hybridized carbons (Fsp3) is 0.350. The normalized spacial score (nSPS) is 17.9.